The summed E-state index contributed by atoms with van der Waals surface area (Å²) < 4.78 is 0. The highest BCUT2D eigenvalue weighted by molar-refractivity contribution is 5.98. The fraction of sp³-hybridized carbons (Fsp3) is 0.429. The molecular formula is C14H20N2O3. The SMILES string of the molecule is CCC(C)(NC(=O)c1ccc(N(C)C)cc1)C(=O)O. The predicted octanol–water partition coefficient (Wildman–Crippen LogP) is 1.74. The molecule has 1 aromatic rings. The Morgan fingerprint density at radius 3 is 2.16 bits per heavy atom. The molecule has 0 saturated carbocycles. The fourth-order valence-corrected chi connectivity index (χ4v) is 1.53. The number of nitrogens with zero attached hydrogens (tertiary/aromatic N) is 1. The van der Waals surface area contributed by atoms with Gasteiger partial charge in [-0.15, -0.1) is 0 Å². The van der Waals surface area contributed by atoms with Gasteiger partial charge >= 0.3 is 5.97 Å². The fourth-order valence-electron chi connectivity index (χ4n) is 1.53. The molecule has 5 nitrogen and oxygen atoms in total. The van der Waals surface area contributed by atoms with Gasteiger partial charge in [0.15, 0.2) is 0 Å². The second-order valence-electron chi connectivity index (χ2n) is 4.89. The van der Waals surface area contributed by atoms with Crippen LogP contribution < -0.4 is 10.2 Å². The molecule has 1 amide bonds. The number of carbonyl (C=O) groups excluding carboxylic acids is 1. The molecule has 0 fully saturated rings. The van der Waals surface area contributed by atoms with Crippen molar-refractivity contribution in [2.45, 2.75) is 25.8 Å². The number of amides is 1. The first kappa shape index (κ1) is 15.0. The number of rotatable bonds is 5. The second-order valence-corrected chi connectivity index (χ2v) is 4.89. The Balaban J connectivity index is 2.86. The van der Waals surface area contributed by atoms with E-state index in [9.17, 15) is 9.59 Å². The zero-order chi connectivity index (χ0) is 14.6. The zero-order valence-electron chi connectivity index (χ0n) is 11.7. The lowest BCUT2D eigenvalue weighted by Gasteiger charge is -2.24. The first-order chi connectivity index (χ1) is 8.80. The third kappa shape index (κ3) is 3.47. The van der Waals surface area contributed by atoms with Crippen molar-refractivity contribution < 1.29 is 14.7 Å². The molecule has 0 aromatic heterocycles. The van der Waals surface area contributed by atoms with E-state index in [1.807, 2.05) is 31.1 Å². The normalized spacial score (nSPS) is 13.5. The number of hydrogen-bond donors (Lipinski definition) is 2. The maximum absolute atomic E-state index is 12.0. The molecule has 0 saturated heterocycles. The van der Waals surface area contributed by atoms with Crippen molar-refractivity contribution in [2.75, 3.05) is 19.0 Å². The maximum atomic E-state index is 12.0. The molecule has 2 N–H and O–H groups in total. The van der Waals surface area contributed by atoms with Crippen LogP contribution in [0.4, 0.5) is 5.69 Å². The lowest BCUT2D eigenvalue weighted by molar-refractivity contribution is -0.143. The minimum absolute atomic E-state index is 0.323. The number of carboxylic acids is 1. The van der Waals surface area contributed by atoms with Crippen LogP contribution in [0.25, 0.3) is 0 Å². The summed E-state index contributed by atoms with van der Waals surface area (Å²) in [6.07, 6.45) is 0.323. The van der Waals surface area contributed by atoms with Crippen molar-refractivity contribution in [3.63, 3.8) is 0 Å². The number of anilines is 1. The molecule has 19 heavy (non-hydrogen) atoms. The summed E-state index contributed by atoms with van der Waals surface area (Å²) in [6, 6.07) is 7.00. The number of aliphatic carboxylic acids is 1. The average molecular weight is 264 g/mol. The Morgan fingerprint density at radius 1 is 1.26 bits per heavy atom. The number of carbonyl (C=O) groups is 2. The van der Waals surface area contributed by atoms with Crippen LogP contribution in [0.2, 0.25) is 0 Å². The van der Waals surface area contributed by atoms with Crippen LogP contribution in [-0.4, -0.2) is 36.6 Å². The van der Waals surface area contributed by atoms with E-state index in [2.05, 4.69) is 5.32 Å². The van der Waals surface area contributed by atoms with E-state index in [0.29, 0.717) is 12.0 Å². The number of benzene rings is 1. The van der Waals surface area contributed by atoms with Gasteiger partial charge in [0.2, 0.25) is 0 Å². The van der Waals surface area contributed by atoms with Crippen LogP contribution in [0.1, 0.15) is 30.6 Å². The standard InChI is InChI=1S/C14H20N2O3/c1-5-14(2,13(18)19)15-12(17)10-6-8-11(9-7-10)16(3)4/h6-9H,5H2,1-4H3,(H,15,17)(H,18,19). The molecular weight excluding hydrogens is 244 g/mol. The Bertz CT molecular complexity index is 468. The summed E-state index contributed by atoms with van der Waals surface area (Å²) in [5.74, 6) is -1.41. The minimum atomic E-state index is -1.24. The van der Waals surface area contributed by atoms with Gasteiger partial charge in [-0.1, -0.05) is 6.92 Å². The van der Waals surface area contributed by atoms with Gasteiger partial charge < -0.3 is 15.3 Å². The second kappa shape index (κ2) is 5.73. The van der Waals surface area contributed by atoms with Crippen molar-refractivity contribution in [1.82, 2.24) is 5.32 Å². The minimum Gasteiger partial charge on any atom is -0.480 e. The summed E-state index contributed by atoms with van der Waals surface area (Å²) in [6.45, 7) is 3.23. The first-order valence-electron chi connectivity index (χ1n) is 6.13. The Labute approximate surface area is 113 Å². The molecule has 5 heteroatoms. The van der Waals surface area contributed by atoms with E-state index in [1.54, 1.807) is 19.1 Å². The Hall–Kier alpha value is -2.04. The number of nitrogens with one attached hydrogen (secondary N) is 1. The van der Waals surface area contributed by atoms with E-state index < -0.39 is 11.5 Å². The molecule has 1 unspecified atom stereocenters. The summed E-state index contributed by atoms with van der Waals surface area (Å²) in [4.78, 5) is 25.1. The van der Waals surface area contributed by atoms with Gasteiger partial charge in [0, 0.05) is 25.3 Å². The van der Waals surface area contributed by atoms with E-state index in [-0.39, 0.29) is 5.91 Å². The highest BCUT2D eigenvalue weighted by Gasteiger charge is 2.32. The van der Waals surface area contributed by atoms with Gasteiger partial charge in [-0.3, -0.25) is 4.79 Å². The van der Waals surface area contributed by atoms with Crippen molar-refractivity contribution in [3.8, 4) is 0 Å². The molecule has 0 heterocycles. The number of carboxylic acid groups (broad SMARTS) is 1. The monoisotopic (exact) mass is 264 g/mol. The highest BCUT2D eigenvalue weighted by atomic mass is 16.4. The summed E-state index contributed by atoms with van der Waals surface area (Å²) in [5, 5.41) is 11.7. The quantitative estimate of drug-likeness (QED) is 0.850. The average Bonchev–Trinajstić information content (AvgIpc) is 2.38. The van der Waals surface area contributed by atoms with E-state index in [1.165, 1.54) is 6.92 Å². The molecule has 0 radical (unpaired) electrons. The molecule has 104 valence electrons. The largest absolute Gasteiger partial charge is 0.480 e. The van der Waals surface area contributed by atoms with Gasteiger partial charge in [0.05, 0.1) is 0 Å². The topological polar surface area (TPSA) is 69.6 Å². The van der Waals surface area contributed by atoms with E-state index >= 15 is 0 Å². The molecule has 0 aliphatic rings. The molecule has 0 spiro atoms. The van der Waals surface area contributed by atoms with Gasteiger partial charge in [0.1, 0.15) is 5.54 Å². The van der Waals surface area contributed by atoms with Crippen LogP contribution in [0, 0.1) is 0 Å². The van der Waals surface area contributed by atoms with E-state index in [0.717, 1.165) is 5.69 Å². The molecule has 0 bridgehead atoms. The van der Waals surface area contributed by atoms with Gasteiger partial charge in [-0.2, -0.15) is 0 Å². The third-order valence-corrected chi connectivity index (χ3v) is 3.21. The van der Waals surface area contributed by atoms with Crippen molar-refractivity contribution >= 4 is 17.6 Å². The van der Waals surface area contributed by atoms with Crippen molar-refractivity contribution in [3.05, 3.63) is 29.8 Å². The molecule has 1 atom stereocenters. The van der Waals surface area contributed by atoms with Crippen molar-refractivity contribution in [2.24, 2.45) is 0 Å². The lowest BCUT2D eigenvalue weighted by atomic mass is 9.98. The first-order valence-corrected chi connectivity index (χ1v) is 6.13. The smallest absolute Gasteiger partial charge is 0.329 e. The molecule has 1 rings (SSSR count). The Morgan fingerprint density at radius 2 is 1.79 bits per heavy atom. The van der Waals surface area contributed by atoms with Crippen LogP contribution in [-0.2, 0) is 4.79 Å². The van der Waals surface area contributed by atoms with Crippen LogP contribution in [0.15, 0.2) is 24.3 Å². The maximum Gasteiger partial charge on any atom is 0.329 e. The summed E-state index contributed by atoms with van der Waals surface area (Å²) in [7, 11) is 3.82. The summed E-state index contributed by atoms with van der Waals surface area (Å²) in [5.41, 5.74) is 0.191. The predicted molar refractivity (Wildman–Crippen MR) is 74.6 cm³/mol. The van der Waals surface area contributed by atoms with Gasteiger partial charge in [-0.05, 0) is 37.6 Å². The molecule has 0 aliphatic carbocycles. The van der Waals surface area contributed by atoms with Crippen LogP contribution in [0.5, 0.6) is 0 Å². The summed E-state index contributed by atoms with van der Waals surface area (Å²) >= 11 is 0. The third-order valence-electron chi connectivity index (χ3n) is 3.21. The van der Waals surface area contributed by atoms with Crippen LogP contribution in [0.3, 0.4) is 0 Å². The van der Waals surface area contributed by atoms with E-state index in [4.69, 9.17) is 5.11 Å². The van der Waals surface area contributed by atoms with Crippen LogP contribution >= 0.6 is 0 Å². The van der Waals surface area contributed by atoms with Gasteiger partial charge in [-0.25, -0.2) is 4.79 Å². The lowest BCUT2D eigenvalue weighted by Crippen LogP contribution is -2.51. The van der Waals surface area contributed by atoms with Gasteiger partial charge in [0.25, 0.3) is 5.91 Å². The molecule has 0 aliphatic heterocycles. The van der Waals surface area contributed by atoms with Crippen molar-refractivity contribution in [1.29, 1.82) is 0 Å². The highest BCUT2D eigenvalue weighted by Crippen LogP contribution is 2.14. The number of hydrogen-bond acceptors (Lipinski definition) is 3. The zero-order valence-corrected chi connectivity index (χ0v) is 11.7. The molecule has 1 aromatic carbocycles. The Kier molecular flexibility index (Phi) is 4.53.